The highest BCUT2D eigenvalue weighted by Gasteiger charge is 2.22. The summed E-state index contributed by atoms with van der Waals surface area (Å²) >= 11 is 0. The lowest BCUT2D eigenvalue weighted by atomic mass is 9.83. The maximum atomic E-state index is 12.0. The van der Waals surface area contributed by atoms with Crippen LogP contribution in [-0.4, -0.2) is 11.0 Å². The number of aromatic hydroxyl groups is 1. The van der Waals surface area contributed by atoms with Gasteiger partial charge in [-0.25, -0.2) is 0 Å². The van der Waals surface area contributed by atoms with Crippen molar-refractivity contribution in [2.45, 2.75) is 59.8 Å². The van der Waals surface area contributed by atoms with Gasteiger partial charge >= 0.3 is 0 Å². The van der Waals surface area contributed by atoms with E-state index in [4.69, 9.17) is 0 Å². The predicted molar refractivity (Wildman–Crippen MR) is 105 cm³/mol. The molecule has 0 fully saturated rings. The molecule has 1 amide bonds. The van der Waals surface area contributed by atoms with E-state index in [2.05, 4.69) is 39.1 Å². The Morgan fingerprint density at radius 3 is 2.32 bits per heavy atom. The molecule has 0 saturated carbocycles. The molecular formula is C22H29NO2. The first-order valence-corrected chi connectivity index (χ1v) is 9.02. The summed E-state index contributed by atoms with van der Waals surface area (Å²) in [6.07, 6.45) is 0.439. The van der Waals surface area contributed by atoms with Gasteiger partial charge in [0.05, 0.1) is 0 Å². The average Bonchev–Trinajstić information content (AvgIpc) is 2.55. The average molecular weight is 339 g/mol. The van der Waals surface area contributed by atoms with Gasteiger partial charge in [0.25, 0.3) is 0 Å². The largest absolute Gasteiger partial charge is 0.507 e. The standard InChI is InChI=1S/C22H29NO2/c1-7-20(25)23-18-10-9-16(13(2)3)22(21(18)14(4)5)17-12-15(6)8-11-19(17)24/h8-14,24H,7H2,1-6H3,(H,23,25). The topological polar surface area (TPSA) is 49.3 Å². The van der Waals surface area contributed by atoms with E-state index in [0.717, 1.165) is 27.9 Å². The molecule has 3 heteroatoms. The molecule has 0 atom stereocenters. The van der Waals surface area contributed by atoms with Crippen LogP contribution in [0.3, 0.4) is 0 Å². The summed E-state index contributed by atoms with van der Waals surface area (Å²) < 4.78 is 0. The lowest BCUT2D eigenvalue weighted by Crippen LogP contribution is -2.13. The van der Waals surface area contributed by atoms with Crippen LogP contribution in [0.5, 0.6) is 5.75 Å². The maximum Gasteiger partial charge on any atom is 0.224 e. The number of carbonyl (C=O) groups excluding carboxylic acids is 1. The van der Waals surface area contributed by atoms with Crippen molar-refractivity contribution in [3.05, 3.63) is 47.0 Å². The van der Waals surface area contributed by atoms with Crippen LogP contribution in [0.15, 0.2) is 30.3 Å². The Bertz CT molecular complexity index is 776. The minimum absolute atomic E-state index is 0.00129. The summed E-state index contributed by atoms with van der Waals surface area (Å²) in [6, 6.07) is 9.74. The maximum absolute atomic E-state index is 12.0. The molecule has 0 bridgehead atoms. The van der Waals surface area contributed by atoms with Crippen molar-refractivity contribution in [3.63, 3.8) is 0 Å². The first kappa shape index (κ1) is 19.0. The molecule has 25 heavy (non-hydrogen) atoms. The van der Waals surface area contributed by atoms with Crippen LogP contribution in [0.1, 0.15) is 69.6 Å². The highest BCUT2D eigenvalue weighted by atomic mass is 16.3. The minimum Gasteiger partial charge on any atom is -0.507 e. The van der Waals surface area contributed by atoms with E-state index in [0.29, 0.717) is 12.3 Å². The Morgan fingerprint density at radius 2 is 1.76 bits per heavy atom. The number of amides is 1. The minimum atomic E-state index is -0.00129. The Hall–Kier alpha value is -2.29. The van der Waals surface area contributed by atoms with Crippen LogP contribution in [0.4, 0.5) is 5.69 Å². The fourth-order valence-corrected chi connectivity index (χ4v) is 3.22. The first-order chi connectivity index (χ1) is 11.8. The second kappa shape index (κ2) is 7.73. The zero-order valence-electron chi connectivity index (χ0n) is 16.1. The van der Waals surface area contributed by atoms with Crippen molar-refractivity contribution in [2.75, 3.05) is 5.32 Å². The number of phenols is 1. The van der Waals surface area contributed by atoms with Gasteiger partial charge in [0.1, 0.15) is 5.75 Å². The molecule has 2 N–H and O–H groups in total. The van der Waals surface area contributed by atoms with E-state index in [1.807, 2.05) is 32.0 Å². The summed E-state index contributed by atoms with van der Waals surface area (Å²) in [5.41, 5.74) is 6.07. The van der Waals surface area contributed by atoms with E-state index in [1.54, 1.807) is 6.07 Å². The number of hydrogen-bond donors (Lipinski definition) is 2. The predicted octanol–water partition coefficient (Wildman–Crippen LogP) is 5.96. The van der Waals surface area contributed by atoms with E-state index < -0.39 is 0 Å². The van der Waals surface area contributed by atoms with Crippen molar-refractivity contribution in [1.82, 2.24) is 0 Å². The van der Waals surface area contributed by atoms with Gasteiger partial charge in [0, 0.05) is 17.7 Å². The lowest BCUT2D eigenvalue weighted by molar-refractivity contribution is -0.115. The number of rotatable bonds is 5. The van der Waals surface area contributed by atoms with Crippen molar-refractivity contribution < 1.29 is 9.90 Å². The van der Waals surface area contributed by atoms with Gasteiger partial charge in [-0.1, -0.05) is 52.3 Å². The smallest absolute Gasteiger partial charge is 0.224 e. The molecule has 134 valence electrons. The molecule has 0 aliphatic carbocycles. The monoisotopic (exact) mass is 339 g/mol. The molecule has 3 nitrogen and oxygen atoms in total. The molecule has 0 heterocycles. The highest BCUT2D eigenvalue weighted by molar-refractivity contribution is 5.94. The number of aryl methyl sites for hydroxylation is 1. The second-order valence-electron chi connectivity index (χ2n) is 7.22. The molecule has 0 spiro atoms. The Kier molecular flexibility index (Phi) is 5.89. The van der Waals surface area contributed by atoms with Gasteiger partial charge in [-0.05, 0) is 53.6 Å². The number of nitrogens with one attached hydrogen (secondary N) is 1. The van der Waals surface area contributed by atoms with Crippen LogP contribution in [0.2, 0.25) is 0 Å². The lowest BCUT2D eigenvalue weighted by Gasteiger charge is -2.24. The molecule has 0 unspecified atom stereocenters. The molecule has 0 aromatic heterocycles. The van der Waals surface area contributed by atoms with Gasteiger partial charge in [-0.3, -0.25) is 4.79 Å². The first-order valence-electron chi connectivity index (χ1n) is 9.02. The van der Waals surface area contributed by atoms with Crippen LogP contribution in [0.25, 0.3) is 11.1 Å². The Morgan fingerprint density at radius 1 is 1.08 bits per heavy atom. The summed E-state index contributed by atoms with van der Waals surface area (Å²) in [7, 11) is 0. The number of benzene rings is 2. The fraction of sp³-hybridized carbons (Fsp3) is 0.409. The highest BCUT2D eigenvalue weighted by Crippen LogP contribution is 2.43. The van der Waals surface area contributed by atoms with Gasteiger partial charge < -0.3 is 10.4 Å². The Labute approximate surface area is 151 Å². The van der Waals surface area contributed by atoms with Crippen molar-refractivity contribution in [2.24, 2.45) is 0 Å². The summed E-state index contributed by atoms with van der Waals surface area (Å²) in [6.45, 7) is 12.4. The zero-order chi connectivity index (χ0) is 18.7. The van der Waals surface area contributed by atoms with E-state index in [9.17, 15) is 9.90 Å². The van der Waals surface area contributed by atoms with Gasteiger partial charge in [-0.2, -0.15) is 0 Å². The van der Waals surface area contributed by atoms with Gasteiger partial charge in [0.15, 0.2) is 0 Å². The van der Waals surface area contributed by atoms with Crippen molar-refractivity contribution >= 4 is 11.6 Å². The fourth-order valence-electron chi connectivity index (χ4n) is 3.22. The Balaban J connectivity index is 2.83. The molecule has 2 rings (SSSR count). The molecule has 2 aromatic rings. The number of phenolic OH excluding ortho intramolecular Hbond substituents is 1. The molecular weight excluding hydrogens is 310 g/mol. The van der Waals surface area contributed by atoms with Gasteiger partial charge in [-0.15, -0.1) is 0 Å². The third-order valence-electron chi connectivity index (χ3n) is 4.49. The molecule has 0 aliphatic heterocycles. The van der Waals surface area contributed by atoms with Crippen LogP contribution < -0.4 is 5.32 Å². The van der Waals surface area contributed by atoms with E-state index in [-0.39, 0.29) is 17.6 Å². The number of carbonyl (C=O) groups is 1. The summed E-state index contributed by atoms with van der Waals surface area (Å²) in [4.78, 5) is 12.0. The molecule has 0 saturated heterocycles. The van der Waals surface area contributed by atoms with E-state index in [1.165, 1.54) is 5.56 Å². The SMILES string of the molecule is CCC(=O)Nc1ccc(C(C)C)c(-c2cc(C)ccc2O)c1C(C)C. The van der Waals surface area contributed by atoms with Crippen molar-refractivity contribution in [1.29, 1.82) is 0 Å². The third-order valence-corrected chi connectivity index (χ3v) is 4.49. The number of hydrogen-bond acceptors (Lipinski definition) is 2. The van der Waals surface area contributed by atoms with Gasteiger partial charge in [0.2, 0.25) is 5.91 Å². The zero-order valence-corrected chi connectivity index (χ0v) is 16.1. The quantitative estimate of drug-likeness (QED) is 0.706. The second-order valence-corrected chi connectivity index (χ2v) is 7.22. The normalized spacial score (nSPS) is 11.2. The van der Waals surface area contributed by atoms with Crippen LogP contribution in [0, 0.1) is 6.92 Å². The van der Waals surface area contributed by atoms with Crippen LogP contribution in [-0.2, 0) is 4.79 Å². The molecule has 0 radical (unpaired) electrons. The number of anilines is 1. The van der Waals surface area contributed by atoms with Crippen molar-refractivity contribution in [3.8, 4) is 16.9 Å². The summed E-state index contributed by atoms with van der Waals surface area (Å²) in [5.74, 6) is 0.788. The van der Waals surface area contributed by atoms with Crippen LogP contribution >= 0.6 is 0 Å². The summed E-state index contributed by atoms with van der Waals surface area (Å²) in [5, 5.41) is 13.6. The third kappa shape index (κ3) is 4.04. The molecule has 2 aromatic carbocycles. The molecule has 0 aliphatic rings. The van der Waals surface area contributed by atoms with E-state index >= 15 is 0 Å².